The SMILES string of the molecule is CCCCCCCCCCOC(=O)COCC(=O)OCc1c(F)c(F)c(F)c(F)c1F. The van der Waals surface area contributed by atoms with Gasteiger partial charge in [-0.3, -0.25) is 0 Å². The second-order valence-corrected chi connectivity index (χ2v) is 6.90. The van der Waals surface area contributed by atoms with Crippen LogP contribution < -0.4 is 0 Å². The average molecular weight is 454 g/mol. The third kappa shape index (κ3) is 9.63. The van der Waals surface area contributed by atoms with Gasteiger partial charge in [-0.1, -0.05) is 51.9 Å². The Morgan fingerprint density at radius 3 is 1.65 bits per heavy atom. The van der Waals surface area contributed by atoms with Gasteiger partial charge in [-0.25, -0.2) is 31.5 Å². The first-order chi connectivity index (χ1) is 14.8. The third-order valence-corrected chi connectivity index (χ3v) is 4.38. The molecule has 5 nitrogen and oxygen atoms in total. The van der Waals surface area contributed by atoms with E-state index in [9.17, 15) is 31.5 Å². The Morgan fingerprint density at radius 2 is 1.10 bits per heavy atom. The summed E-state index contributed by atoms with van der Waals surface area (Å²) in [6.07, 6.45) is 8.71. The number of ether oxygens (including phenoxy) is 3. The van der Waals surface area contributed by atoms with Gasteiger partial charge in [0.05, 0.1) is 12.2 Å². The average Bonchev–Trinajstić information content (AvgIpc) is 2.75. The van der Waals surface area contributed by atoms with Crippen LogP contribution in [0.15, 0.2) is 0 Å². The molecule has 0 saturated carbocycles. The minimum atomic E-state index is -2.31. The quantitative estimate of drug-likeness (QED) is 0.121. The minimum Gasteiger partial charge on any atom is -0.464 e. The summed E-state index contributed by atoms with van der Waals surface area (Å²) in [5.41, 5.74) is -1.28. The van der Waals surface area contributed by atoms with Crippen molar-refractivity contribution in [3.63, 3.8) is 0 Å². The molecule has 0 N–H and O–H groups in total. The smallest absolute Gasteiger partial charge is 0.332 e. The van der Waals surface area contributed by atoms with Crippen LogP contribution in [0.3, 0.4) is 0 Å². The largest absolute Gasteiger partial charge is 0.464 e. The second kappa shape index (κ2) is 14.7. The predicted molar refractivity (Wildman–Crippen MR) is 100 cm³/mol. The normalized spacial score (nSPS) is 10.9. The summed E-state index contributed by atoms with van der Waals surface area (Å²) in [5, 5.41) is 0. The molecular weight excluding hydrogens is 427 g/mol. The van der Waals surface area contributed by atoms with Crippen molar-refractivity contribution < 1.29 is 45.8 Å². The van der Waals surface area contributed by atoms with Gasteiger partial charge in [-0.15, -0.1) is 0 Å². The van der Waals surface area contributed by atoms with Crippen molar-refractivity contribution in [2.24, 2.45) is 0 Å². The molecule has 31 heavy (non-hydrogen) atoms. The lowest BCUT2D eigenvalue weighted by molar-refractivity contribution is -0.156. The monoisotopic (exact) mass is 454 g/mol. The number of halogens is 5. The first kappa shape index (κ1) is 26.8. The molecular formula is C21H27F5O5. The zero-order chi connectivity index (χ0) is 23.2. The van der Waals surface area contributed by atoms with Gasteiger partial charge in [0.1, 0.15) is 19.8 Å². The maximum atomic E-state index is 13.5. The molecule has 176 valence electrons. The summed E-state index contributed by atoms with van der Waals surface area (Å²) in [6.45, 7) is -0.114. The summed E-state index contributed by atoms with van der Waals surface area (Å²) in [7, 11) is 0. The number of esters is 2. The topological polar surface area (TPSA) is 61.8 Å². The molecule has 0 aliphatic carbocycles. The number of carbonyl (C=O) groups is 2. The van der Waals surface area contributed by atoms with Gasteiger partial charge in [0.25, 0.3) is 0 Å². The lowest BCUT2D eigenvalue weighted by atomic mass is 10.1. The van der Waals surface area contributed by atoms with Crippen molar-refractivity contribution in [1.82, 2.24) is 0 Å². The van der Waals surface area contributed by atoms with Crippen LogP contribution in [0.25, 0.3) is 0 Å². The first-order valence-corrected chi connectivity index (χ1v) is 10.2. The van der Waals surface area contributed by atoms with Gasteiger partial charge in [-0.05, 0) is 6.42 Å². The zero-order valence-electron chi connectivity index (χ0n) is 17.4. The Bertz CT molecular complexity index is 698. The van der Waals surface area contributed by atoms with E-state index in [-0.39, 0.29) is 6.61 Å². The van der Waals surface area contributed by atoms with E-state index in [1.807, 2.05) is 0 Å². The van der Waals surface area contributed by atoms with Crippen molar-refractivity contribution in [2.45, 2.75) is 64.9 Å². The molecule has 0 fully saturated rings. The van der Waals surface area contributed by atoms with Crippen molar-refractivity contribution in [3.05, 3.63) is 34.6 Å². The summed E-state index contributed by atoms with van der Waals surface area (Å²) >= 11 is 0. The van der Waals surface area contributed by atoms with Crippen LogP contribution in [-0.2, 0) is 30.4 Å². The Kier molecular flexibility index (Phi) is 12.7. The van der Waals surface area contributed by atoms with E-state index in [2.05, 4.69) is 11.7 Å². The van der Waals surface area contributed by atoms with Crippen LogP contribution in [0.1, 0.15) is 63.9 Å². The zero-order valence-corrected chi connectivity index (χ0v) is 17.4. The molecule has 1 aromatic carbocycles. The highest BCUT2D eigenvalue weighted by Gasteiger charge is 2.26. The Morgan fingerprint density at radius 1 is 0.645 bits per heavy atom. The molecule has 0 bridgehead atoms. The Hall–Kier alpha value is -2.23. The van der Waals surface area contributed by atoms with E-state index >= 15 is 0 Å². The molecule has 10 heteroatoms. The van der Waals surface area contributed by atoms with Crippen LogP contribution in [0.4, 0.5) is 22.0 Å². The molecule has 0 spiro atoms. The number of carbonyl (C=O) groups excluding carboxylic acids is 2. The summed E-state index contributed by atoms with van der Waals surface area (Å²) in [6, 6.07) is 0. The Labute approximate surface area is 177 Å². The Balaban J connectivity index is 2.18. The van der Waals surface area contributed by atoms with Crippen LogP contribution in [0, 0.1) is 29.1 Å². The van der Waals surface area contributed by atoms with Crippen LogP contribution in [-0.4, -0.2) is 31.8 Å². The molecule has 0 atom stereocenters. The fourth-order valence-electron chi connectivity index (χ4n) is 2.65. The number of rotatable bonds is 15. The number of unbranched alkanes of at least 4 members (excludes halogenated alkanes) is 7. The lowest BCUT2D eigenvalue weighted by Gasteiger charge is -2.09. The highest BCUT2D eigenvalue weighted by Crippen LogP contribution is 2.23. The van der Waals surface area contributed by atoms with E-state index in [4.69, 9.17) is 9.47 Å². The van der Waals surface area contributed by atoms with Gasteiger partial charge in [0.2, 0.25) is 5.82 Å². The van der Waals surface area contributed by atoms with E-state index in [1.165, 1.54) is 25.7 Å². The maximum absolute atomic E-state index is 13.5. The van der Waals surface area contributed by atoms with Gasteiger partial charge >= 0.3 is 11.9 Å². The van der Waals surface area contributed by atoms with Crippen LogP contribution in [0.2, 0.25) is 0 Å². The fraction of sp³-hybridized carbons (Fsp3) is 0.619. The maximum Gasteiger partial charge on any atom is 0.332 e. The molecule has 0 heterocycles. The van der Waals surface area contributed by atoms with Gasteiger partial charge in [0.15, 0.2) is 23.3 Å². The third-order valence-electron chi connectivity index (χ3n) is 4.38. The highest BCUT2D eigenvalue weighted by atomic mass is 19.2. The minimum absolute atomic E-state index is 0.224. The van der Waals surface area contributed by atoms with Gasteiger partial charge in [-0.2, -0.15) is 0 Å². The van der Waals surface area contributed by atoms with Crippen molar-refractivity contribution >= 4 is 11.9 Å². The molecule has 0 aliphatic heterocycles. The van der Waals surface area contributed by atoms with E-state index in [0.29, 0.717) is 6.42 Å². The van der Waals surface area contributed by atoms with E-state index in [0.717, 1.165) is 19.3 Å². The molecule has 0 radical (unpaired) electrons. The predicted octanol–water partition coefficient (Wildman–Crippen LogP) is 5.13. The van der Waals surface area contributed by atoms with Gasteiger partial charge < -0.3 is 14.2 Å². The van der Waals surface area contributed by atoms with Crippen molar-refractivity contribution in [3.8, 4) is 0 Å². The number of hydrogen-bond acceptors (Lipinski definition) is 5. The molecule has 1 rings (SSSR count). The molecule has 0 unspecified atom stereocenters. The molecule has 0 saturated heterocycles. The highest BCUT2D eigenvalue weighted by molar-refractivity contribution is 5.73. The molecule has 0 aromatic heterocycles. The van der Waals surface area contributed by atoms with Crippen LogP contribution in [0.5, 0.6) is 0 Å². The van der Waals surface area contributed by atoms with E-state index < -0.39 is 66.4 Å². The number of hydrogen-bond donors (Lipinski definition) is 0. The summed E-state index contributed by atoms with van der Waals surface area (Å²) < 4.78 is 80.2. The number of benzene rings is 1. The van der Waals surface area contributed by atoms with Crippen LogP contribution >= 0.6 is 0 Å². The summed E-state index contributed by atoms with van der Waals surface area (Å²) in [4.78, 5) is 23.0. The van der Waals surface area contributed by atoms with Gasteiger partial charge in [0, 0.05) is 0 Å². The first-order valence-electron chi connectivity index (χ1n) is 10.2. The molecule has 1 aromatic rings. The molecule has 0 amide bonds. The second-order valence-electron chi connectivity index (χ2n) is 6.90. The molecule has 0 aliphatic rings. The van der Waals surface area contributed by atoms with Crippen molar-refractivity contribution in [1.29, 1.82) is 0 Å². The van der Waals surface area contributed by atoms with Crippen molar-refractivity contribution in [2.75, 3.05) is 19.8 Å². The summed E-state index contributed by atoms with van der Waals surface area (Å²) in [5.74, 6) is -12.6. The van der Waals surface area contributed by atoms with E-state index in [1.54, 1.807) is 0 Å². The standard InChI is InChI=1S/C21H27F5O5/c1-2-3-4-5-6-7-8-9-10-30-15(27)12-29-13-16(28)31-11-14-17(22)19(24)21(26)20(25)18(14)23/h2-13H2,1H3. The fourth-order valence-corrected chi connectivity index (χ4v) is 2.65. The lowest BCUT2D eigenvalue weighted by Crippen LogP contribution is -2.19.